The molecule has 0 bridgehead atoms. The zero-order chi connectivity index (χ0) is 18.5. The molecule has 0 saturated heterocycles. The Hall–Kier alpha value is 1.70. The predicted molar refractivity (Wildman–Crippen MR) is 90.6 cm³/mol. The van der Waals surface area contributed by atoms with E-state index < -0.39 is 24.8 Å². The van der Waals surface area contributed by atoms with Gasteiger partial charge in [-0.3, -0.25) is 13.7 Å². The van der Waals surface area contributed by atoms with Gasteiger partial charge in [0.2, 0.25) is 0 Å². The summed E-state index contributed by atoms with van der Waals surface area (Å²) in [6, 6.07) is 0. The molecule has 9 nitrogen and oxygen atoms in total. The van der Waals surface area contributed by atoms with Gasteiger partial charge in [-0.2, -0.15) is 0 Å². The number of hydrogen-bond acceptors (Lipinski definition) is 9. The van der Waals surface area contributed by atoms with Crippen LogP contribution in [-0.4, -0.2) is 42.7 Å². The molecule has 0 amide bonds. The molecule has 0 N–H and O–H groups in total. The van der Waals surface area contributed by atoms with Crippen molar-refractivity contribution in [3.05, 3.63) is 32.1 Å². The second kappa shape index (κ2) is 33.3. The second-order valence-electron chi connectivity index (χ2n) is 2.94. The first-order chi connectivity index (χ1) is 10.9. The van der Waals surface area contributed by atoms with Crippen LogP contribution < -0.4 is 0 Å². The summed E-state index contributed by atoms with van der Waals surface area (Å²) in [4.78, 5) is 0. The fourth-order valence-electron chi connectivity index (χ4n) is 0.571. The van der Waals surface area contributed by atoms with Crippen molar-refractivity contribution < 1.29 is 80.0 Å². The van der Waals surface area contributed by atoms with Gasteiger partial charge in [0.25, 0.3) is 0 Å². The quantitative estimate of drug-likeness (QED) is 0.357. The Labute approximate surface area is 179 Å². The van der Waals surface area contributed by atoms with Gasteiger partial charge in [-0.15, -0.1) is 0 Å². The molecule has 0 spiro atoms. The smallest absolute Gasteiger partial charge is 0.314 e. The van der Waals surface area contributed by atoms with E-state index in [4.69, 9.17) is 0 Å². The van der Waals surface area contributed by atoms with Gasteiger partial charge in [-0.1, -0.05) is 0 Å². The van der Waals surface area contributed by atoms with Gasteiger partial charge in [0.05, 0.1) is 0 Å². The maximum Gasteiger partial charge on any atom is 1.00 e. The molecular weight excluding hydrogens is 536 g/mol. The predicted octanol–water partition coefficient (Wildman–Crippen LogP) is 3.02. The minimum Gasteiger partial charge on any atom is -0.314 e. The van der Waals surface area contributed by atoms with E-state index in [0.29, 0.717) is 0 Å². The van der Waals surface area contributed by atoms with E-state index in [0.717, 1.165) is 0 Å². The molecule has 1 rings (SSSR count). The Morgan fingerprint density at radius 1 is 0.480 bits per heavy atom. The van der Waals surface area contributed by atoms with E-state index in [1.807, 2.05) is 32.1 Å². The molecule has 0 aromatic heterocycles. The van der Waals surface area contributed by atoms with Crippen molar-refractivity contribution in [3.8, 4) is 0 Å². The minimum absolute atomic E-state index is 0. The molecule has 0 aromatic rings. The molecule has 1 saturated carbocycles. The summed E-state index contributed by atoms with van der Waals surface area (Å²) in [7, 11) is 1.67. The van der Waals surface area contributed by atoms with Crippen LogP contribution in [0.15, 0.2) is 0 Å². The van der Waals surface area contributed by atoms with Crippen LogP contribution in [0.25, 0.3) is 0 Å². The number of rotatable bonds is 6. The third-order valence-corrected chi connectivity index (χ3v) is 3.56. The van der Waals surface area contributed by atoms with Crippen molar-refractivity contribution in [1.29, 1.82) is 0 Å². The van der Waals surface area contributed by atoms with E-state index in [-0.39, 0.29) is 39.2 Å². The van der Waals surface area contributed by atoms with Gasteiger partial charge in [0.1, 0.15) is 0 Å². The first kappa shape index (κ1) is 37.4. The molecule has 6 radical (unpaired) electrons. The summed E-state index contributed by atoms with van der Waals surface area (Å²) in [6.07, 6.45) is 10.0. The van der Waals surface area contributed by atoms with Gasteiger partial charge in [0.15, 0.2) is 0 Å². The van der Waals surface area contributed by atoms with Crippen molar-refractivity contribution in [3.63, 3.8) is 0 Å². The molecule has 25 heavy (non-hydrogen) atoms. The average molecular weight is 562 g/mol. The zero-order valence-corrected chi connectivity index (χ0v) is 20.2. The van der Waals surface area contributed by atoms with Crippen LogP contribution in [0, 0.1) is 32.1 Å². The Kier molecular flexibility index (Phi) is 49.9. The maximum absolute atomic E-state index is 9.92. The monoisotopic (exact) mass is 561 g/mol. The Morgan fingerprint density at radius 3 is 0.640 bits per heavy atom. The van der Waals surface area contributed by atoms with E-state index in [1.54, 1.807) is 0 Å². The Bertz CT molecular complexity index is 247. The molecule has 0 aromatic carbocycles. The molecule has 14 heteroatoms. The van der Waals surface area contributed by atoms with Crippen LogP contribution in [0.5, 0.6) is 0 Å². The van der Waals surface area contributed by atoms with E-state index in [9.17, 15) is 13.7 Å². The summed E-state index contributed by atoms with van der Waals surface area (Å²) in [5.74, 6) is 0. The van der Waals surface area contributed by atoms with Crippen molar-refractivity contribution >= 4 is 24.8 Å². The van der Waals surface area contributed by atoms with Crippen LogP contribution in [0.2, 0.25) is 0 Å². The number of hydrogen-bond donors (Lipinski definition) is 0. The van der Waals surface area contributed by atoms with Gasteiger partial charge < -0.3 is 27.1 Å². The van der Waals surface area contributed by atoms with Crippen LogP contribution in [0.3, 0.4) is 0 Å². The van der Waals surface area contributed by atoms with Crippen molar-refractivity contribution in [2.75, 3.05) is 42.7 Å². The SMILES string of the molecule is CO[PH](=O)OC.CO[PH](=O)OC.CO[PH](=O)OC.[Ag+].[CH]1[CH][CH][CH][CH]1.[Co]. The fourth-order valence-corrected chi connectivity index (χ4v) is 1.07. The average Bonchev–Trinajstić information content (AvgIpc) is 3.20. The third-order valence-electron chi connectivity index (χ3n) is 1.56. The van der Waals surface area contributed by atoms with Gasteiger partial charge in [0, 0.05) is 59.4 Å². The molecule has 1 fully saturated rings. The van der Waals surface area contributed by atoms with Crippen LogP contribution >= 0.6 is 24.8 Å². The largest absolute Gasteiger partial charge is 1.00 e. The summed E-state index contributed by atoms with van der Waals surface area (Å²) < 4.78 is 55.1. The summed E-state index contributed by atoms with van der Waals surface area (Å²) in [5, 5.41) is 0. The van der Waals surface area contributed by atoms with E-state index >= 15 is 0 Å². The fraction of sp³-hybridized carbons (Fsp3) is 0.545. The standard InChI is InChI=1S/C5H5.3C2H7O3P.Ag.Co/c1-2-4-5-3-1;3*1-4-6(3)5-2;;/h1-5H;3*6H,1-2H3;;/q;;;;+1;. The topological polar surface area (TPSA) is 107 Å². The summed E-state index contributed by atoms with van der Waals surface area (Å²) in [6.45, 7) is 0. The normalized spacial score (nSPS) is 11.9. The van der Waals surface area contributed by atoms with Crippen LogP contribution in [0.4, 0.5) is 0 Å². The van der Waals surface area contributed by atoms with E-state index in [2.05, 4.69) is 27.1 Å². The Balaban J connectivity index is -0.0000000693. The first-order valence-corrected chi connectivity index (χ1v) is 9.63. The zero-order valence-electron chi connectivity index (χ0n) is 14.7. The van der Waals surface area contributed by atoms with Gasteiger partial charge in [-0.25, -0.2) is 0 Å². The summed E-state index contributed by atoms with van der Waals surface area (Å²) in [5.41, 5.74) is 0. The first-order valence-electron chi connectivity index (χ1n) is 5.95. The summed E-state index contributed by atoms with van der Waals surface area (Å²) >= 11 is 0. The molecule has 1 aliphatic carbocycles. The van der Waals surface area contributed by atoms with Crippen LogP contribution in [-0.2, 0) is 80.0 Å². The minimum atomic E-state index is -2.12. The maximum atomic E-state index is 9.92. The van der Waals surface area contributed by atoms with Crippen LogP contribution in [0.1, 0.15) is 0 Å². The van der Waals surface area contributed by atoms with Gasteiger partial charge >= 0.3 is 47.1 Å². The third kappa shape index (κ3) is 41.3. The molecule has 0 atom stereocenters. The van der Waals surface area contributed by atoms with Crippen molar-refractivity contribution in [2.45, 2.75) is 0 Å². The van der Waals surface area contributed by atoms with E-state index in [1.165, 1.54) is 42.7 Å². The second-order valence-corrected chi connectivity index (χ2v) is 6.89. The van der Waals surface area contributed by atoms with Crippen molar-refractivity contribution in [1.82, 2.24) is 0 Å². The molecule has 0 aliphatic heterocycles. The van der Waals surface area contributed by atoms with Crippen molar-refractivity contribution in [2.24, 2.45) is 0 Å². The molecule has 1 aliphatic rings. The molecule has 0 unspecified atom stereocenters. The molecular formula is C11H26AgCoO9P3+. The molecule has 158 valence electrons. The van der Waals surface area contributed by atoms with Gasteiger partial charge in [-0.05, 0) is 32.1 Å². The Morgan fingerprint density at radius 2 is 0.600 bits per heavy atom. The molecule has 0 heterocycles.